The lowest BCUT2D eigenvalue weighted by molar-refractivity contribution is -0.146. The van der Waals surface area contributed by atoms with Crippen molar-refractivity contribution in [2.75, 3.05) is 12.4 Å². The molecule has 0 aliphatic rings. The summed E-state index contributed by atoms with van der Waals surface area (Å²) in [5, 5.41) is 2.59. The van der Waals surface area contributed by atoms with Gasteiger partial charge in [-0.3, -0.25) is 14.4 Å². The average molecular weight is 249 g/mol. The molecule has 0 aliphatic heterocycles. The molecule has 0 aromatic heterocycles. The number of hydrogen-bond donors (Lipinski definition) is 1. The fourth-order valence-corrected chi connectivity index (χ4v) is 1.42. The lowest BCUT2D eigenvalue weighted by Gasteiger charge is -2.12. The highest BCUT2D eigenvalue weighted by Crippen LogP contribution is 2.12. The lowest BCUT2D eigenvalue weighted by Crippen LogP contribution is -2.30. The van der Waals surface area contributed by atoms with Gasteiger partial charge in [0.2, 0.25) is 5.91 Å². The van der Waals surface area contributed by atoms with Crippen LogP contribution < -0.4 is 5.32 Å². The van der Waals surface area contributed by atoms with E-state index in [1.807, 2.05) is 6.07 Å². The number of ether oxygens (including phenoxy) is 1. The van der Waals surface area contributed by atoms with Gasteiger partial charge in [-0.15, -0.1) is 0 Å². The Morgan fingerprint density at radius 2 is 1.83 bits per heavy atom. The Hall–Kier alpha value is -2.17. The maximum atomic E-state index is 11.9. The van der Waals surface area contributed by atoms with Crippen molar-refractivity contribution in [3.05, 3.63) is 30.3 Å². The Morgan fingerprint density at radius 1 is 1.22 bits per heavy atom. The lowest BCUT2D eigenvalue weighted by atomic mass is 10.00. The Morgan fingerprint density at radius 3 is 2.33 bits per heavy atom. The highest BCUT2D eigenvalue weighted by Gasteiger charge is 2.26. The summed E-state index contributed by atoms with van der Waals surface area (Å²) in [7, 11) is 1.22. The van der Waals surface area contributed by atoms with Gasteiger partial charge in [0.05, 0.1) is 13.5 Å². The molecule has 0 fully saturated rings. The van der Waals surface area contributed by atoms with Gasteiger partial charge in [0, 0.05) is 5.69 Å². The number of methoxy groups -OCH3 is 1. The van der Waals surface area contributed by atoms with Crippen LogP contribution in [0.15, 0.2) is 30.3 Å². The molecule has 18 heavy (non-hydrogen) atoms. The molecule has 5 nitrogen and oxygen atoms in total. The van der Waals surface area contributed by atoms with Crippen molar-refractivity contribution in [2.45, 2.75) is 13.3 Å². The fraction of sp³-hybridized carbons (Fsp3) is 0.308. The number of ketones is 1. The highest BCUT2D eigenvalue weighted by atomic mass is 16.5. The number of anilines is 1. The van der Waals surface area contributed by atoms with Crippen molar-refractivity contribution in [3.63, 3.8) is 0 Å². The van der Waals surface area contributed by atoms with Crippen LogP contribution in [0.2, 0.25) is 0 Å². The van der Waals surface area contributed by atoms with Gasteiger partial charge in [-0.05, 0) is 19.1 Å². The van der Waals surface area contributed by atoms with E-state index < -0.39 is 17.8 Å². The minimum Gasteiger partial charge on any atom is -0.469 e. The molecule has 1 amide bonds. The summed E-state index contributed by atoms with van der Waals surface area (Å²) in [6.45, 7) is 1.28. The number of nitrogens with one attached hydrogen (secondary N) is 1. The first-order chi connectivity index (χ1) is 8.54. The highest BCUT2D eigenvalue weighted by molar-refractivity contribution is 6.08. The molecule has 1 N–H and O–H groups in total. The number of benzene rings is 1. The number of para-hydroxylation sites is 1. The van der Waals surface area contributed by atoms with Crippen LogP contribution in [0.4, 0.5) is 5.69 Å². The van der Waals surface area contributed by atoms with Crippen molar-refractivity contribution in [3.8, 4) is 0 Å². The van der Waals surface area contributed by atoms with E-state index in [1.165, 1.54) is 14.0 Å². The number of esters is 1. The van der Waals surface area contributed by atoms with Crippen LogP contribution >= 0.6 is 0 Å². The number of rotatable bonds is 5. The smallest absolute Gasteiger partial charge is 0.306 e. The third-order valence-electron chi connectivity index (χ3n) is 2.45. The van der Waals surface area contributed by atoms with E-state index in [0.717, 1.165) is 0 Å². The van der Waals surface area contributed by atoms with Gasteiger partial charge in [-0.25, -0.2) is 0 Å². The van der Waals surface area contributed by atoms with Gasteiger partial charge in [0.1, 0.15) is 11.7 Å². The molecule has 96 valence electrons. The van der Waals surface area contributed by atoms with Crippen LogP contribution in [0, 0.1) is 5.92 Å². The van der Waals surface area contributed by atoms with Crippen molar-refractivity contribution < 1.29 is 19.1 Å². The van der Waals surface area contributed by atoms with Gasteiger partial charge in [0.15, 0.2) is 0 Å². The standard InChI is InChI=1S/C13H15NO4/c1-9(15)11(8-12(16)18-2)13(17)14-10-6-4-3-5-7-10/h3-7,11H,8H2,1-2H3,(H,14,17). The van der Waals surface area contributed by atoms with Gasteiger partial charge in [-0.2, -0.15) is 0 Å². The molecule has 0 radical (unpaired) electrons. The molecule has 0 saturated heterocycles. The summed E-state index contributed by atoms with van der Waals surface area (Å²) in [5.74, 6) is -2.47. The maximum absolute atomic E-state index is 11.9. The van der Waals surface area contributed by atoms with E-state index in [1.54, 1.807) is 24.3 Å². The van der Waals surface area contributed by atoms with E-state index in [4.69, 9.17) is 0 Å². The van der Waals surface area contributed by atoms with Crippen LogP contribution in [0.5, 0.6) is 0 Å². The first kappa shape index (κ1) is 13.9. The molecule has 1 unspecified atom stereocenters. The van der Waals surface area contributed by atoms with E-state index in [9.17, 15) is 14.4 Å². The quantitative estimate of drug-likeness (QED) is 0.632. The maximum Gasteiger partial charge on any atom is 0.306 e. The van der Waals surface area contributed by atoms with Crippen LogP contribution in [0.25, 0.3) is 0 Å². The Bertz CT molecular complexity index is 442. The number of hydrogen-bond acceptors (Lipinski definition) is 4. The number of carbonyl (C=O) groups excluding carboxylic acids is 3. The first-order valence-corrected chi connectivity index (χ1v) is 5.47. The number of carbonyl (C=O) groups is 3. The Kier molecular flexibility index (Phi) is 5.05. The second kappa shape index (κ2) is 6.54. The predicted octanol–water partition coefficient (Wildman–Crippen LogP) is 1.39. The molecule has 0 bridgehead atoms. The first-order valence-electron chi connectivity index (χ1n) is 5.47. The monoisotopic (exact) mass is 249 g/mol. The summed E-state index contributed by atoms with van der Waals surface area (Å²) < 4.78 is 4.46. The molecule has 1 atom stereocenters. The van der Waals surface area contributed by atoms with Crippen molar-refractivity contribution in [1.29, 1.82) is 0 Å². The molecule has 1 rings (SSSR count). The van der Waals surface area contributed by atoms with Gasteiger partial charge in [0.25, 0.3) is 0 Å². The van der Waals surface area contributed by atoms with Gasteiger partial charge < -0.3 is 10.1 Å². The molecular formula is C13H15NO4. The van der Waals surface area contributed by atoms with E-state index in [-0.39, 0.29) is 12.2 Å². The molecule has 0 heterocycles. The SMILES string of the molecule is COC(=O)CC(C(C)=O)C(=O)Nc1ccccc1. The number of amides is 1. The van der Waals surface area contributed by atoms with Crippen LogP contribution in [0.3, 0.4) is 0 Å². The van der Waals surface area contributed by atoms with E-state index >= 15 is 0 Å². The minimum absolute atomic E-state index is 0.246. The normalized spacial score (nSPS) is 11.4. The minimum atomic E-state index is -1.02. The fourth-order valence-electron chi connectivity index (χ4n) is 1.42. The zero-order valence-electron chi connectivity index (χ0n) is 10.3. The van der Waals surface area contributed by atoms with Crippen molar-refractivity contribution in [1.82, 2.24) is 0 Å². The number of Topliss-reactive ketones (excluding diaryl/α,β-unsaturated/α-hetero) is 1. The summed E-state index contributed by atoms with van der Waals surface area (Å²) in [5.41, 5.74) is 0.582. The predicted molar refractivity (Wildman–Crippen MR) is 65.9 cm³/mol. The summed E-state index contributed by atoms with van der Waals surface area (Å²) >= 11 is 0. The van der Waals surface area contributed by atoms with Crippen LogP contribution in [-0.4, -0.2) is 24.8 Å². The zero-order valence-corrected chi connectivity index (χ0v) is 10.3. The molecule has 0 saturated carbocycles. The third kappa shape index (κ3) is 4.01. The molecule has 0 aliphatic carbocycles. The second-order valence-electron chi connectivity index (χ2n) is 3.80. The van der Waals surface area contributed by atoms with E-state index in [2.05, 4.69) is 10.1 Å². The van der Waals surface area contributed by atoms with Gasteiger partial charge in [-0.1, -0.05) is 18.2 Å². The third-order valence-corrected chi connectivity index (χ3v) is 2.45. The van der Waals surface area contributed by atoms with E-state index in [0.29, 0.717) is 5.69 Å². The zero-order chi connectivity index (χ0) is 13.5. The molecule has 1 aromatic rings. The van der Waals surface area contributed by atoms with Crippen LogP contribution in [0.1, 0.15) is 13.3 Å². The van der Waals surface area contributed by atoms with Gasteiger partial charge >= 0.3 is 5.97 Å². The second-order valence-corrected chi connectivity index (χ2v) is 3.80. The Labute approximate surface area is 105 Å². The van der Waals surface area contributed by atoms with Crippen molar-refractivity contribution >= 4 is 23.3 Å². The molecule has 0 spiro atoms. The summed E-state index contributed by atoms with van der Waals surface area (Å²) in [6.07, 6.45) is -0.246. The molecular weight excluding hydrogens is 234 g/mol. The summed E-state index contributed by atoms with van der Waals surface area (Å²) in [4.78, 5) is 34.4. The molecule has 1 aromatic carbocycles. The topological polar surface area (TPSA) is 72.5 Å². The molecule has 5 heteroatoms. The van der Waals surface area contributed by atoms with Crippen LogP contribution in [-0.2, 0) is 19.1 Å². The largest absolute Gasteiger partial charge is 0.469 e. The summed E-state index contributed by atoms with van der Waals surface area (Å²) in [6, 6.07) is 8.74. The Balaban J connectivity index is 2.72. The average Bonchev–Trinajstić information content (AvgIpc) is 2.36. The van der Waals surface area contributed by atoms with Crippen molar-refractivity contribution in [2.24, 2.45) is 5.92 Å².